The highest BCUT2D eigenvalue weighted by atomic mass is 32.2. The van der Waals surface area contributed by atoms with Crippen LogP contribution in [0.5, 0.6) is 0 Å². The summed E-state index contributed by atoms with van der Waals surface area (Å²) in [7, 11) is -3.51. The molecule has 1 aliphatic heterocycles. The summed E-state index contributed by atoms with van der Waals surface area (Å²) < 4.78 is 33.0. The van der Waals surface area contributed by atoms with Crippen LogP contribution in [0.1, 0.15) is 48.4 Å². The van der Waals surface area contributed by atoms with Gasteiger partial charge in [0.1, 0.15) is 5.76 Å². The van der Waals surface area contributed by atoms with Gasteiger partial charge in [0.2, 0.25) is 10.0 Å². The molecular weight excluding hydrogens is 312 g/mol. The molecule has 0 bridgehead atoms. The number of aromatic nitrogens is 1. The highest BCUT2D eigenvalue weighted by Gasteiger charge is 2.39. The summed E-state index contributed by atoms with van der Waals surface area (Å²) in [6.45, 7) is 6.36. The molecule has 1 aromatic carbocycles. The number of benzene rings is 1. The third-order valence-corrected chi connectivity index (χ3v) is 6.39. The molecule has 0 amide bonds. The molecule has 0 spiro atoms. The summed E-state index contributed by atoms with van der Waals surface area (Å²) in [5.41, 5.74) is 2.78. The standard InChI is InChI=1S/C17H22N2O3S/c1-4-16-17(13(3)18-22-16)15-6-5-11-19(15)23(20,21)14-9-7-12(2)8-10-14/h7-10,15H,4-6,11H2,1-3H3. The van der Waals surface area contributed by atoms with Gasteiger partial charge in [-0.05, 0) is 38.8 Å². The van der Waals surface area contributed by atoms with Crippen molar-refractivity contribution in [1.82, 2.24) is 9.46 Å². The Bertz CT molecular complexity index is 794. The number of hydrogen-bond acceptors (Lipinski definition) is 4. The lowest BCUT2D eigenvalue weighted by Gasteiger charge is -2.24. The van der Waals surface area contributed by atoms with Gasteiger partial charge >= 0.3 is 0 Å². The van der Waals surface area contributed by atoms with Crippen molar-refractivity contribution >= 4 is 10.0 Å². The Kier molecular flexibility index (Phi) is 4.29. The SMILES string of the molecule is CCc1onc(C)c1C1CCCN1S(=O)(=O)c1ccc(C)cc1. The summed E-state index contributed by atoms with van der Waals surface area (Å²) >= 11 is 0. The molecule has 23 heavy (non-hydrogen) atoms. The zero-order chi connectivity index (χ0) is 16.6. The van der Waals surface area contributed by atoms with Gasteiger partial charge in [-0.2, -0.15) is 4.31 Å². The summed E-state index contributed by atoms with van der Waals surface area (Å²) in [5, 5.41) is 4.04. The maximum Gasteiger partial charge on any atom is 0.243 e. The minimum absolute atomic E-state index is 0.178. The van der Waals surface area contributed by atoms with Crippen LogP contribution in [0.4, 0.5) is 0 Å². The number of hydrogen-bond donors (Lipinski definition) is 0. The predicted octanol–water partition coefficient (Wildman–Crippen LogP) is 3.38. The highest BCUT2D eigenvalue weighted by Crippen LogP contribution is 2.39. The quantitative estimate of drug-likeness (QED) is 0.860. The molecule has 124 valence electrons. The fourth-order valence-electron chi connectivity index (χ4n) is 3.27. The molecule has 2 heterocycles. The van der Waals surface area contributed by atoms with Gasteiger partial charge < -0.3 is 4.52 Å². The summed E-state index contributed by atoms with van der Waals surface area (Å²) in [6.07, 6.45) is 2.37. The van der Waals surface area contributed by atoms with E-state index in [4.69, 9.17) is 4.52 Å². The van der Waals surface area contributed by atoms with Crippen molar-refractivity contribution in [2.24, 2.45) is 0 Å². The van der Waals surface area contributed by atoms with Gasteiger partial charge in [0, 0.05) is 18.5 Å². The first-order valence-electron chi connectivity index (χ1n) is 7.98. The van der Waals surface area contributed by atoms with Crippen LogP contribution < -0.4 is 0 Å². The first kappa shape index (κ1) is 16.2. The minimum atomic E-state index is -3.51. The molecule has 1 aromatic heterocycles. The monoisotopic (exact) mass is 334 g/mol. The number of aryl methyl sites for hydroxylation is 3. The van der Waals surface area contributed by atoms with E-state index in [9.17, 15) is 8.42 Å². The Balaban J connectivity index is 2.01. The second kappa shape index (κ2) is 6.09. The van der Waals surface area contributed by atoms with Crippen LogP contribution in [0.25, 0.3) is 0 Å². The van der Waals surface area contributed by atoms with E-state index >= 15 is 0 Å². The van der Waals surface area contributed by atoms with E-state index in [0.29, 0.717) is 17.9 Å². The molecule has 1 atom stereocenters. The zero-order valence-corrected chi connectivity index (χ0v) is 14.6. The van der Waals surface area contributed by atoms with Crippen molar-refractivity contribution in [3.8, 4) is 0 Å². The van der Waals surface area contributed by atoms with Gasteiger partial charge in [-0.1, -0.05) is 29.8 Å². The zero-order valence-electron chi connectivity index (χ0n) is 13.7. The first-order chi connectivity index (χ1) is 10.9. The third kappa shape index (κ3) is 2.81. The van der Waals surface area contributed by atoms with E-state index in [2.05, 4.69) is 5.16 Å². The lowest BCUT2D eigenvalue weighted by atomic mass is 10.0. The summed E-state index contributed by atoms with van der Waals surface area (Å²) in [5.74, 6) is 0.790. The van der Waals surface area contributed by atoms with E-state index in [-0.39, 0.29) is 6.04 Å². The maximum atomic E-state index is 13.0. The van der Waals surface area contributed by atoms with E-state index < -0.39 is 10.0 Å². The molecule has 1 unspecified atom stereocenters. The summed E-state index contributed by atoms with van der Waals surface area (Å²) in [6, 6.07) is 6.85. The lowest BCUT2D eigenvalue weighted by Crippen LogP contribution is -2.31. The smallest absolute Gasteiger partial charge is 0.243 e. The molecule has 0 radical (unpaired) electrons. The number of nitrogens with zero attached hydrogens (tertiary/aromatic N) is 2. The average Bonchev–Trinajstić information content (AvgIpc) is 3.13. The molecular formula is C17H22N2O3S. The second-order valence-electron chi connectivity index (χ2n) is 6.05. The van der Waals surface area contributed by atoms with Gasteiger partial charge in [-0.3, -0.25) is 0 Å². The molecule has 1 saturated heterocycles. The van der Waals surface area contributed by atoms with Crippen LogP contribution in [0, 0.1) is 13.8 Å². The van der Waals surface area contributed by atoms with Crippen LogP contribution >= 0.6 is 0 Å². The maximum absolute atomic E-state index is 13.0. The average molecular weight is 334 g/mol. The van der Waals surface area contributed by atoms with Crippen LogP contribution in [0.15, 0.2) is 33.7 Å². The highest BCUT2D eigenvalue weighted by molar-refractivity contribution is 7.89. The van der Waals surface area contributed by atoms with E-state index in [1.807, 2.05) is 32.9 Å². The molecule has 1 fully saturated rings. The van der Waals surface area contributed by atoms with E-state index in [1.165, 1.54) is 0 Å². The van der Waals surface area contributed by atoms with Crippen LogP contribution in [0.3, 0.4) is 0 Å². The Morgan fingerprint density at radius 1 is 1.26 bits per heavy atom. The van der Waals surface area contributed by atoms with E-state index in [0.717, 1.165) is 35.4 Å². The topological polar surface area (TPSA) is 63.4 Å². The number of rotatable bonds is 4. The molecule has 3 rings (SSSR count). The predicted molar refractivity (Wildman–Crippen MR) is 87.7 cm³/mol. The van der Waals surface area contributed by atoms with Crippen LogP contribution in [0.2, 0.25) is 0 Å². The molecule has 6 heteroatoms. The van der Waals surface area contributed by atoms with E-state index in [1.54, 1.807) is 16.4 Å². The fraction of sp³-hybridized carbons (Fsp3) is 0.471. The van der Waals surface area contributed by atoms with Crippen molar-refractivity contribution in [3.05, 3.63) is 46.8 Å². The van der Waals surface area contributed by atoms with Gasteiger partial charge in [0.05, 0.1) is 16.6 Å². The van der Waals surface area contributed by atoms with Crippen molar-refractivity contribution in [3.63, 3.8) is 0 Å². The molecule has 1 aliphatic rings. The lowest BCUT2D eigenvalue weighted by molar-refractivity contribution is 0.368. The largest absolute Gasteiger partial charge is 0.361 e. The van der Waals surface area contributed by atoms with Gasteiger partial charge in [0.15, 0.2) is 0 Å². The van der Waals surface area contributed by atoms with Crippen molar-refractivity contribution in [1.29, 1.82) is 0 Å². The Morgan fingerprint density at radius 2 is 1.96 bits per heavy atom. The Morgan fingerprint density at radius 3 is 2.61 bits per heavy atom. The Hall–Kier alpha value is -1.66. The molecule has 0 N–H and O–H groups in total. The fourth-order valence-corrected chi connectivity index (χ4v) is 4.93. The van der Waals surface area contributed by atoms with Gasteiger partial charge in [-0.15, -0.1) is 0 Å². The normalized spacial score (nSPS) is 19.3. The molecule has 0 saturated carbocycles. The summed E-state index contributed by atoms with van der Waals surface area (Å²) in [4.78, 5) is 0.349. The molecule has 2 aromatic rings. The number of sulfonamides is 1. The van der Waals surface area contributed by atoms with Crippen molar-refractivity contribution in [2.75, 3.05) is 6.54 Å². The first-order valence-corrected chi connectivity index (χ1v) is 9.42. The van der Waals surface area contributed by atoms with Crippen molar-refractivity contribution < 1.29 is 12.9 Å². The molecule has 5 nitrogen and oxygen atoms in total. The second-order valence-corrected chi connectivity index (χ2v) is 7.94. The van der Waals surface area contributed by atoms with Crippen molar-refractivity contribution in [2.45, 2.75) is 51.0 Å². The minimum Gasteiger partial charge on any atom is -0.361 e. The van der Waals surface area contributed by atoms with Crippen LogP contribution in [-0.4, -0.2) is 24.4 Å². The Labute approximate surface area is 137 Å². The van der Waals surface area contributed by atoms with Gasteiger partial charge in [0.25, 0.3) is 0 Å². The molecule has 0 aliphatic carbocycles. The third-order valence-electron chi connectivity index (χ3n) is 4.47. The van der Waals surface area contributed by atoms with Crippen LogP contribution in [-0.2, 0) is 16.4 Å². The van der Waals surface area contributed by atoms with Gasteiger partial charge in [-0.25, -0.2) is 8.42 Å².